The Kier molecular flexibility index (Phi) is 7.45. The Morgan fingerprint density at radius 1 is 1.65 bits per heavy atom. The summed E-state index contributed by atoms with van der Waals surface area (Å²) in [7, 11) is 1.51. The minimum atomic E-state index is -0.635. The molecule has 0 aliphatic carbocycles. The molecule has 96 valence electrons. The van der Waals surface area contributed by atoms with E-state index in [1.807, 2.05) is 19.1 Å². The normalized spacial score (nSPS) is 13.4. The second-order valence-corrected chi connectivity index (χ2v) is 3.58. The van der Waals surface area contributed by atoms with Gasteiger partial charge in [0.15, 0.2) is 0 Å². The Labute approximate surface area is 107 Å². The molecule has 1 aromatic heterocycles. The van der Waals surface area contributed by atoms with Crippen molar-refractivity contribution in [1.29, 1.82) is 0 Å². The van der Waals surface area contributed by atoms with E-state index in [4.69, 9.17) is 10.5 Å². The van der Waals surface area contributed by atoms with Crippen molar-refractivity contribution in [2.45, 2.75) is 19.0 Å². The van der Waals surface area contributed by atoms with Crippen LogP contribution in [0.2, 0.25) is 0 Å². The van der Waals surface area contributed by atoms with Crippen LogP contribution in [0.1, 0.15) is 18.5 Å². The number of rotatable bonds is 5. The SMILES string of the molecule is COCC(N)C(=O)NC(C)c1cccnc1.Cl. The highest BCUT2D eigenvalue weighted by Crippen LogP contribution is 2.09. The average molecular weight is 260 g/mol. The molecule has 1 heterocycles. The average Bonchev–Trinajstić information content (AvgIpc) is 2.30. The molecule has 0 saturated carbocycles. The molecule has 0 aliphatic heterocycles. The number of methoxy groups -OCH3 is 1. The number of carbonyl (C=O) groups is 1. The first-order chi connectivity index (χ1) is 7.65. The van der Waals surface area contributed by atoms with Gasteiger partial charge in [-0.25, -0.2) is 0 Å². The molecule has 0 aliphatic rings. The number of aromatic nitrogens is 1. The predicted molar refractivity (Wildman–Crippen MR) is 67.9 cm³/mol. The quantitative estimate of drug-likeness (QED) is 0.814. The van der Waals surface area contributed by atoms with E-state index >= 15 is 0 Å². The minimum Gasteiger partial charge on any atom is -0.383 e. The molecule has 0 saturated heterocycles. The van der Waals surface area contributed by atoms with Crippen molar-refractivity contribution in [3.8, 4) is 0 Å². The monoisotopic (exact) mass is 259 g/mol. The van der Waals surface area contributed by atoms with Gasteiger partial charge in [-0.05, 0) is 18.6 Å². The van der Waals surface area contributed by atoms with Crippen molar-refractivity contribution in [1.82, 2.24) is 10.3 Å². The third kappa shape index (κ3) is 5.12. The summed E-state index contributed by atoms with van der Waals surface area (Å²) in [6, 6.07) is 2.99. The number of nitrogens with two attached hydrogens (primary N) is 1. The van der Waals surface area contributed by atoms with Crippen LogP contribution in [0.5, 0.6) is 0 Å². The molecule has 2 atom stereocenters. The van der Waals surface area contributed by atoms with E-state index < -0.39 is 6.04 Å². The van der Waals surface area contributed by atoms with Gasteiger partial charge in [0, 0.05) is 19.5 Å². The smallest absolute Gasteiger partial charge is 0.239 e. The molecule has 0 spiro atoms. The first-order valence-electron chi connectivity index (χ1n) is 5.10. The highest BCUT2D eigenvalue weighted by atomic mass is 35.5. The van der Waals surface area contributed by atoms with Crippen molar-refractivity contribution in [2.24, 2.45) is 5.73 Å². The zero-order chi connectivity index (χ0) is 12.0. The number of pyridine rings is 1. The molecule has 1 amide bonds. The van der Waals surface area contributed by atoms with Gasteiger partial charge in [-0.3, -0.25) is 9.78 Å². The van der Waals surface area contributed by atoms with E-state index in [0.29, 0.717) is 0 Å². The van der Waals surface area contributed by atoms with Crippen LogP contribution in [-0.2, 0) is 9.53 Å². The van der Waals surface area contributed by atoms with E-state index in [2.05, 4.69) is 10.3 Å². The number of ether oxygens (including phenoxy) is 1. The fraction of sp³-hybridized carbons (Fsp3) is 0.455. The van der Waals surface area contributed by atoms with E-state index in [-0.39, 0.29) is 31.0 Å². The number of hydrogen-bond donors (Lipinski definition) is 2. The Balaban J connectivity index is 0.00000256. The molecule has 6 heteroatoms. The molecule has 0 radical (unpaired) electrons. The lowest BCUT2D eigenvalue weighted by molar-refractivity contribution is -0.124. The third-order valence-electron chi connectivity index (χ3n) is 2.23. The maximum Gasteiger partial charge on any atom is 0.239 e. The highest BCUT2D eigenvalue weighted by Gasteiger charge is 2.16. The second kappa shape index (κ2) is 8.00. The number of hydrogen-bond acceptors (Lipinski definition) is 4. The molecule has 5 nitrogen and oxygen atoms in total. The number of nitrogens with zero attached hydrogens (tertiary/aromatic N) is 1. The topological polar surface area (TPSA) is 77.2 Å². The molecule has 0 bridgehead atoms. The fourth-order valence-corrected chi connectivity index (χ4v) is 1.29. The summed E-state index contributed by atoms with van der Waals surface area (Å²) in [5, 5.41) is 2.80. The van der Waals surface area contributed by atoms with Crippen LogP contribution in [0.4, 0.5) is 0 Å². The molecule has 1 rings (SSSR count). The van der Waals surface area contributed by atoms with Gasteiger partial charge in [-0.15, -0.1) is 12.4 Å². The first-order valence-corrected chi connectivity index (χ1v) is 5.10. The van der Waals surface area contributed by atoms with E-state index in [1.54, 1.807) is 12.4 Å². The molecular formula is C11H18ClN3O2. The number of nitrogens with one attached hydrogen (secondary N) is 1. The van der Waals surface area contributed by atoms with Crippen molar-refractivity contribution < 1.29 is 9.53 Å². The van der Waals surface area contributed by atoms with Gasteiger partial charge < -0.3 is 15.8 Å². The van der Waals surface area contributed by atoms with Gasteiger partial charge in [0.2, 0.25) is 5.91 Å². The molecule has 17 heavy (non-hydrogen) atoms. The van der Waals surface area contributed by atoms with E-state index in [9.17, 15) is 4.79 Å². The maximum absolute atomic E-state index is 11.6. The highest BCUT2D eigenvalue weighted by molar-refractivity contribution is 5.85. The molecule has 1 aromatic rings. The number of amides is 1. The largest absolute Gasteiger partial charge is 0.383 e. The van der Waals surface area contributed by atoms with Gasteiger partial charge in [0.1, 0.15) is 6.04 Å². The summed E-state index contributed by atoms with van der Waals surface area (Å²) >= 11 is 0. The summed E-state index contributed by atoms with van der Waals surface area (Å²) in [6.07, 6.45) is 3.40. The third-order valence-corrected chi connectivity index (χ3v) is 2.23. The maximum atomic E-state index is 11.6. The van der Waals surface area contributed by atoms with E-state index in [0.717, 1.165) is 5.56 Å². The number of carbonyl (C=O) groups excluding carboxylic acids is 1. The van der Waals surface area contributed by atoms with Crippen LogP contribution in [0, 0.1) is 0 Å². The summed E-state index contributed by atoms with van der Waals surface area (Å²) in [5.74, 6) is -0.224. The summed E-state index contributed by atoms with van der Waals surface area (Å²) < 4.78 is 4.81. The van der Waals surface area contributed by atoms with Crippen molar-refractivity contribution in [3.05, 3.63) is 30.1 Å². The van der Waals surface area contributed by atoms with Gasteiger partial charge in [-0.1, -0.05) is 6.07 Å². The lowest BCUT2D eigenvalue weighted by atomic mass is 10.1. The predicted octanol–water partition coefficient (Wildman–Crippen LogP) is 0.654. The van der Waals surface area contributed by atoms with Crippen LogP contribution in [-0.4, -0.2) is 30.6 Å². The second-order valence-electron chi connectivity index (χ2n) is 3.58. The molecule has 3 N–H and O–H groups in total. The lowest BCUT2D eigenvalue weighted by Crippen LogP contribution is -2.44. The Morgan fingerprint density at radius 2 is 2.35 bits per heavy atom. The molecular weight excluding hydrogens is 242 g/mol. The summed E-state index contributed by atoms with van der Waals surface area (Å²) in [4.78, 5) is 15.6. The van der Waals surface area contributed by atoms with Crippen LogP contribution in [0.15, 0.2) is 24.5 Å². The molecule has 0 fully saturated rings. The lowest BCUT2D eigenvalue weighted by Gasteiger charge is -2.17. The van der Waals surface area contributed by atoms with Crippen molar-refractivity contribution in [3.63, 3.8) is 0 Å². The van der Waals surface area contributed by atoms with Crippen molar-refractivity contribution >= 4 is 18.3 Å². The van der Waals surface area contributed by atoms with Crippen LogP contribution >= 0.6 is 12.4 Å². The first kappa shape index (κ1) is 15.8. The van der Waals surface area contributed by atoms with Gasteiger partial charge in [-0.2, -0.15) is 0 Å². The standard InChI is InChI=1S/C11H17N3O2.ClH/c1-8(9-4-3-5-13-6-9)14-11(15)10(12)7-16-2;/h3-6,8,10H,7,12H2,1-2H3,(H,14,15);1H. The van der Waals surface area contributed by atoms with Crippen LogP contribution < -0.4 is 11.1 Å². The minimum absolute atomic E-state index is 0. The Morgan fingerprint density at radius 3 is 2.88 bits per heavy atom. The zero-order valence-corrected chi connectivity index (χ0v) is 10.7. The molecule has 2 unspecified atom stereocenters. The van der Waals surface area contributed by atoms with Gasteiger partial charge in [0.25, 0.3) is 0 Å². The molecule has 0 aromatic carbocycles. The summed E-state index contributed by atoms with van der Waals surface area (Å²) in [5.41, 5.74) is 6.55. The Hall–Kier alpha value is -1.17. The van der Waals surface area contributed by atoms with Crippen molar-refractivity contribution in [2.75, 3.05) is 13.7 Å². The zero-order valence-electron chi connectivity index (χ0n) is 9.92. The summed E-state index contributed by atoms with van der Waals surface area (Å²) in [6.45, 7) is 2.10. The van der Waals surface area contributed by atoms with E-state index in [1.165, 1.54) is 7.11 Å². The number of halogens is 1. The fourth-order valence-electron chi connectivity index (χ4n) is 1.29. The van der Waals surface area contributed by atoms with Gasteiger partial charge in [0.05, 0.1) is 12.6 Å². The Bertz CT molecular complexity index is 335. The van der Waals surface area contributed by atoms with Gasteiger partial charge >= 0.3 is 0 Å². The van der Waals surface area contributed by atoms with Crippen LogP contribution in [0.3, 0.4) is 0 Å². The van der Waals surface area contributed by atoms with Crippen LogP contribution in [0.25, 0.3) is 0 Å².